The Morgan fingerprint density at radius 3 is 1.07 bits per heavy atom. The molecule has 0 N–H and O–H groups in total. The molecule has 0 heterocycles. The van der Waals surface area contributed by atoms with E-state index in [0.29, 0.717) is 0 Å². The lowest BCUT2D eigenvalue weighted by molar-refractivity contribution is 0.464. The van der Waals surface area contributed by atoms with E-state index in [9.17, 15) is 0 Å². The number of hydrogen-bond donors (Lipinski definition) is 0. The molecule has 0 saturated carbocycles. The summed E-state index contributed by atoms with van der Waals surface area (Å²) in [5.74, 6) is 2.11. The van der Waals surface area contributed by atoms with Gasteiger partial charge < -0.3 is 4.74 Å². The minimum Gasteiger partial charge on any atom is -0.457 e. The van der Waals surface area contributed by atoms with Crippen LogP contribution in [0.15, 0.2) is 46.2 Å². The third-order valence-corrected chi connectivity index (χ3v) is 9.81. The van der Waals surface area contributed by atoms with Crippen molar-refractivity contribution < 1.29 is 4.74 Å². The van der Waals surface area contributed by atoms with Crippen LogP contribution in [0.25, 0.3) is 0 Å². The lowest BCUT2D eigenvalue weighted by Gasteiger charge is -2.16. The minimum absolute atomic E-state index is 1.06. The van der Waals surface area contributed by atoms with Gasteiger partial charge in [-0.3, -0.25) is 0 Å². The van der Waals surface area contributed by atoms with Crippen LogP contribution in [0.5, 0.6) is 11.5 Å². The molecule has 3 heteroatoms. The van der Waals surface area contributed by atoms with Gasteiger partial charge in [-0.1, -0.05) is 129 Å². The fourth-order valence-corrected chi connectivity index (χ4v) is 6.61. The molecule has 0 spiro atoms. The highest BCUT2D eigenvalue weighted by molar-refractivity contribution is 7.98. The Balaban J connectivity index is 1.86. The Morgan fingerprint density at radius 2 is 0.756 bits per heavy atom. The van der Waals surface area contributed by atoms with E-state index < -0.39 is 0 Å². The fourth-order valence-electron chi connectivity index (χ4n) is 5.68. The summed E-state index contributed by atoms with van der Waals surface area (Å²) >= 11 is 3.66. The monoisotopic (exact) mass is 598 g/mol. The van der Waals surface area contributed by atoms with Crippen molar-refractivity contribution in [3.8, 4) is 11.5 Å². The summed E-state index contributed by atoms with van der Waals surface area (Å²) in [5, 5.41) is 0. The zero-order chi connectivity index (χ0) is 29.4. The number of ether oxygens (including phenoxy) is 1. The van der Waals surface area contributed by atoms with Crippen molar-refractivity contribution in [3.63, 3.8) is 0 Å². The van der Waals surface area contributed by atoms with Crippen molar-refractivity contribution >= 4 is 23.5 Å². The largest absolute Gasteiger partial charge is 0.457 e. The molecule has 0 aliphatic carbocycles. The number of hydrogen-bond acceptors (Lipinski definition) is 3. The Bertz CT molecular complexity index is 836. The van der Waals surface area contributed by atoms with Crippen molar-refractivity contribution in [1.29, 1.82) is 0 Å². The second kappa shape index (κ2) is 24.4. The molecule has 0 unspecified atom stereocenters. The first-order valence-corrected chi connectivity index (χ1v) is 19.7. The van der Waals surface area contributed by atoms with Crippen LogP contribution in [0, 0.1) is 0 Å². The maximum absolute atomic E-state index is 6.71. The molecule has 0 radical (unpaired) electrons. The first kappa shape index (κ1) is 36.1. The van der Waals surface area contributed by atoms with E-state index in [1.807, 2.05) is 23.5 Å². The number of rotatable bonds is 26. The van der Waals surface area contributed by atoms with E-state index >= 15 is 0 Å². The van der Waals surface area contributed by atoms with Crippen LogP contribution in [-0.4, -0.2) is 12.5 Å². The van der Waals surface area contributed by atoms with Gasteiger partial charge in [0, 0.05) is 9.79 Å². The quantitative estimate of drug-likeness (QED) is 0.0787. The molecule has 0 amide bonds. The molecular weight excluding hydrogens is 537 g/mol. The molecular formula is C38H62OS2. The molecule has 2 aromatic rings. The van der Waals surface area contributed by atoms with Gasteiger partial charge in [-0.05, 0) is 85.7 Å². The maximum Gasteiger partial charge on any atom is 0.130 e. The van der Waals surface area contributed by atoms with E-state index in [2.05, 4.69) is 62.8 Å². The maximum atomic E-state index is 6.71. The molecule has 1 nitrogen and oxygen atoms in total. The van der Waals surface area contributed by atoms with Crippen molar-refractivity contribution in [3.05, 3.63) is 47.5 Å². The van der Waals surface area contributed by atoms with Crippen LogP contribution in [-0.2, 0) is 12.8 Å². The highest BCUT2D eigenvalue weighted by Gasteiger charge is 2.11. The van der Waals surface area contributed by atoms with Crippen molar-refractivity contribution in [2.75, 3.05) is 12.5 Å². The molecule has 2 rings (SSSR count). The number of aryl methyl sites for hydroxylation is 2. The number of thioether (sulfide) groups is 2. The molecule has 0 fully saturated rings. The zero-order valence-corrected chi connectivity index (χ0v) is 28.9. The second-order valence-electron chi connectivity index (χ2n) is 11.9. The van der Waals surface area contributed by atoms with Gasteiger partial charge in [-0.2, -0.15) is 0 Å². The first-order valence-electron chi connectivity index (χ1n) is 17.2. The van der Waals surface area contributed by atoms with Gasteiger partial charge in [0.1, 0.15) is 11.5 Å². The summed E-state index contributed by atoms with van der Waals surface area (Å²) in [4.78, 5) is 2.67. The second-order valence-corrected chi connectivity index (χ2v) is 13.7. The van der Waals surface area contributed by atoms with Gasteiger partial charge in [0.15, 0.2) is 0 Å². The molecule has 0 aliphatic heterocycles. The number of unbranched alkanes of at least 4 members (excludes halogenated alkanes) is 18. The van der Waals surface area contributed by atoms with Crippen molar-refractivity contribution in [1.82, 2.24) is 0 Å². The van der Waals surface area contributed by atoms with Crippen molar-refractivity contribution in [2.24, 2.45) is 0 Å². The summed E-state index contributed by atoms with van der Waals surface area (Å²) in [6.07, 6.45) is 34.1. The molecule has 0 aliphatic rings. The molecule has 2 aromatic carbocycles. The Labute approximate surface area is 263 Å². The number of benzene rings is 2. The minimum atomic E-state index is 1.06. The van der Waals surface area contributed by atoms with Gasteiger partial charge in [-0.25, -0.2) is 0 Å². The average molecular weight is 599 g/mol. The van der Waals surface area contributed by atoms with E-state index in [1.54, 1.807) is 0 Å². The van der Waals surface area contributed by atoms with Gasteiger partial charge in [0.2, 0.25) is 0 Å². The van der Waals surface area contributed by atoms with Crippen LogP contribution in [0.3, 0.4) is 0 Å². The van der Waals surface area contributed by atoms with Gasteiger partial charge in [0.25, 0.3) is 0 Å². The third kappa shape index (κ3) is 16.4. The fraction of sp³-hybridized carbons (Fsp3) is 0.684. The molecule has 41 heavy (non-hydrogen) atoms. The van der Waals surface area contributed by atoms with E-state index in [0.717, 1.165) is 24.3 Å². The van der Waals surface area contributed by atoms with Crippen LogP contribution >= 0.6 is 23.5 Å². The lowest BCUT2D eigenvalue weighted by atomic mass is 10.0. The summed E-state index contributed by atoms with van der Waals surface area (Å²) in [7, 11) is 0. The summed E-state index contributed by atoms with van der Waals surface area (Å²) in [5.41, 5.74) is 2.74. The smallest absolute Gasteiger partial charge is 0.130 e. The van der Waals surface area contributed by atoms with E-state index in [-0.39, 0.29) is 0 Å². The Morgan fingerprint density at radius 1 is 0.439 bits per heavy atom. The standard InChI is InChI=1S/C38H62OS2/c1-5-7-9-11-13-15-17-19-21-23-25-33-31-35(40-3)27-29-37(33)39-38-30-28-36(41-4)32-34(38)26-24-22-20-18-16-14-12-10-8-6-2/h27-32H,5-26H2,1-4H3. The van der Waals surface area contributed by atoms with Gasteiger partial charge >= 0.3 is 0 Å². The highest BCUT2D eigenvalue weighted by atomic mass is 32.2. The van der Waals surface area contributed by atoms with Crippen LogP contribution in [0.2, 0.25) is 0 Å². The normalized spacial score (nSPS) is 11.3. The van der Waals surface area contributed by atoms with E-state index in [4.69, 9.17) is 4.74 Å². The predicted molar refractivity (Wildman–Crippen MR) is 188 cm³/mol. The highest BCUT2D eigenvalue weighted by Crippen LogP contribution is 2.34. The lowest BCUT2D eigenvalue weighted by Crippen LogP contribution is -1.97. The molecule has 0 saturated heterocycles. The molecule has 0 aromatic heterocycles. The van der Waals surface area contributed by atoms with Crippen molar-refractivity contribution in [2.45, 2.75) is 165 Å². The summed E-state index contributed by atoms with van der Waals surface area (Å²) in [6, 6.07) is 13.6. The Kier molecular flexibility index (Phi) is 21.5. The van der Waals surface area contributed by atoms with Crippen LogP contribution in [0.1, 0.15) is 153 Å². The summed E-state index contributed by atoms with van der Waals surface area (Å²) < 4.78 is 6.71. The van der Waals surface area contributed by atoms with Gasteiger partial charge in [0.05, 0.1) is 0 Å². The Hall–Kier alpha value is -1.06. The predicted octanol–water partition coefficient (Wildman–Crippen LogP) is 13.8. The third-order valence-electron chi connectivity index (χ3n) is 8.35. The molecule has 0 bridgehead atoms. The topological polar surface area (TPSA) is 9.23 Å². The first-order chi connectivity index (χ1) is 20.2. The van der Waals surface area contributed by atoms with Crippen LogP contribution in [0.4, 0.5) is 0 Å². The van der Waals surface area contributed by atoms with Crippen LogP contribution < -0.4 is 4.74 Å². The summed E-state index contributed by atoms with van der Waals surface area (Å²) in [6.45, 7) is 4.59. The zero-order valence-electron chi connectivity index (χ0n) is 27.2. The molecule has 0 atom stereocenters. The van der Waals surface area contributed by atoms with E-state index in [1.165, 1.54) is 149 Å². The van der Waals surface area contributed by atoms with Gasteiger partial charge in [-0.15, -0.1) is 23.5 Å². The molecule has 232 valence electrons. The SMILES string of the molecule is CCCCCCCCCCCCc1cc(SC)ccc1Oc1ccc(SC)cc1CCCCCCCCCCCC. The average Bonchev–Trinajstić information content (AvgIpc) is 3.00.